The summed E-state index contributed by atoms with van der Waals surface area (Å²) in [5, 5.41) is 0. The van der Waals surface area contributed by atoms with Crippen LogP contribution in [0.15, 0.2) is 0 Å². The van der Waals surface area contributed by atoms with Gasteiger partial charge in [-0.1, -0.05) is 51.4 Å². The Morgan fingerprint density at radius 1 is 0.619 bits per heavy atom. The van der Waals surface area contributed by atoms with Gasteiger partial charge in [-0.15, -0.1) is 0 Å². The van der Waals surface area contributed by atoms with Crippen molar-refractivity contribution < 1.29 is 9.53 Å². The Balaban J connectivity index is 2.09. The van der Waals surface area contributed by atoms with Crippen LogP contribution in [0.3, 0.4) is 0 Å². The maximum Gasteiger partial charge on any atom is 0.305 e. The summed E-state index contributed by atoms with van der Waals surface area (Å²) in [4.78, 5) is 11.5. The highest BCUT2D eigenvalue weighted by Crippen LogP contribution is 2.14. The molecule has 0 atom stereocenters. The molecule has 0 spiro atoms. The molecule has 0 bridgehead atoms. The van der Waals surface area contributed by atoms with E-state index in [1.54, 1.807) is 0 Å². The first kappa shape index (κ1) is 18.9. The molecule has 1 heterocycles. The fraction of sp³-hybridized carbons (Fsp3) is 0.944. The van der Waals surface area contributed by atoms with Gasteiger partial charge in [0.05, 0.1) is 6.61 Å². The lowest BCUT2D eigenvalue weighted by Gasteiger charge is -2.06. The maximum atomic E-state index is 11.5. The molecule has 2 nitrogen and oxygen atoms in total. The third kappa shape index (κ3) is 13.2. The fourth-order valence-corrected chi connectivity index (χ4v) is 3.75. The molecule has 1 saturated heterocycles. The van der Waals surface area contributed by atoms with E-state index >= 15 is 0 Å². The van der Waals surface area contributed by atoms with Crippen LogP contribution in [0, 0.1) is 0 Å². The van der Waals surface area contributed by atoms with Crippen LogP contribution in [-0.4, -0.2) is 24.1 Å². The van der Waals surface area contributed by atoms with Crippen LogP contribution >= 0.6 is 11.8 Å². The third-order valence-electron chi connectivity index (χ3n) is 4.12. The Kier molecular flexibility index (Phi) is 13.2. The van der Waals surface area contributed by atoms with Crippen LogP contribution in [0.2, 0.25) is 0 Å². The van der Waals surface area contributed by atoms with Gasteiger partial charge in [-0.25, -0.2) is 0 Å². The Hall–Kier alpha value is -0.180. The van der Waals surface area contributed by atoms with Crippen molar-refractivity contribution in [2.45, 2.75) is 89.9 Å². The van der Waals surface area contributed by atoms with Gasteiger partial charge in [-0.2, -0.15) is 11.8 Å². The number of hydrogen-bond acceptors (Lipinski definition) is 3. The van der Waals surface area contributed by atoms with Crippen LogP contribution in [-0.2, 0) is 9.53 Å². The molecule has 0 unspecified atom stereocenters. The Morgan fingerprint density at radius 3 is 1.71 bits per heavy atom. The number of ether oxygens (including phenoxy) is 1. The summed E-state index contributed by atoms with van der Waals surface area (Å²) in [6.07, 6.45) is 17.4. The Morgan fingerprint density at radius 2 is 1.10 bits per heavy atom. The summed E-state index contributed by atoms with van der Waals surface area (Å²) < 4.78 is 5.28. The number of carbonyl (C=O) groups excluding carboxylic acids is 1. The highest BCUT2D eigenvalue weighted by atomic mass is 32.2. The van der Waals surface area contributed by atoms with Crippen molar-refractivity contribution in [2.75, 3.05) is 18.1 Å². The summed E-state index contributed by atoms with van der Waals surface area (Å²) in [6, 6.07) is 0. The minimum atomic E-state index is 0.0128. The molecule has 1 aliphatic heterocycles. The van der Waals surface area contributed by atoms with Crippen molar-refractivity contribution >= 4 is 17.7 Å². The van der Waals surface area contributed by atoms with Gasteiger partial charge in [0.15, 0.2) is 0 Å². The van der Waals surface area contributed by atoms with Crippen LogP contribution in [0.25, 0.3) is 0 Å². The molecule has 1 rings (SSSR count). The van der Waals surface area contributed by atoms with Gasteiger partial charge in [0.25, 0.3) is 0 Å². The molecule has 1 aliphatic rings. The van der Waals surface area contributed by atoms with Crippen LogP contribution < -0.4 is 0 Å². The lowest BCUT2D eigenvalue weighted by atomic mass is 10.1. The Labute approximate surface area is 135 Å². The zero-order valence-corrected chi connectivity index (χ0v) is 14.6. The van der Waals surface area contributed by atoms with Crippen molar-refractivity contribution in [1.29, 1.82) is 0 Å². The SMILES string of the molecule is O=C1CCCCCCCCCCCCSCCCCCO1. The van der Waals surface area contributed by atoms with Crippen molar-refractivity contribution in [3.63, 3.8) is 0 Å². The van der Waals surface area contributed by atoms with E-state index in [9.17, 15) is 4.79 Å². The molecule has 0 aliphatic carbocycles. The van der Waals surface area contributed by atoms with Crippen molar-refractivity contribution in [3.8, 4) is 0 Å². The zero-order chi connectivity index (χ0) is 15.0. The Bertz CT molecular complexity index is 221. The number of rotatable bonds is 0. The second-order valence-corrected chi connectivity index (χ2v) is 7.40. The third-order valence-corrected chi connectivity index (χ3v) is 5.27. The second-order valence-electron chi connectivity index (χ2n) is 6.18. The molecule has 0 amide bonds. The molecule has 0 N–H and O–H groups in total. The number of cyclic esters (lactones) is 1. The van der Waals surface area contributed by atoms with Gasteiger partial charge in [0.1, 0.15) is 0 Å². The molecule has 0 aromatic rings. The van der Waals surface area contributed by atoms with E-state index in [1.807, 2.05) is 0 Å². The average molecular weight is 315 g/mol. The second kappa shape index (κ2) is 14.7. The van der Waals surface area contributed by atoms with E-state index < -0.39 is 0 Å². The van der Waals surface area contributed by atoms with Crippen LogP contribution in [0.5, 0.6) is 0 Å². The number of hydrogen-bond donors (Lipinski definition) is 0. The molecule has 0 aromatic heterocycles. The lowest BCUT2D eigenvalue weighted by Crippen LogP contribution is -2.05. The molecule has 3 heteroatoms. The maximum absolute atomic E-state index is 11.5. The molecule has 0 radical (unpaired) electrons. The van der Waals surface area contributed by atoms with Crippen LogP contribution in [0.4, 0.5) is 0 Å². The smallest absolute Gasteiger partial charge is 0.305 e. The first-order valence-electron chi connectivity index (χ1n) is 9.13. The van der Waals surface area contributed by atoms with Gasteiger partial charge in [0, 0.05) is 6.42 Å². The lowest BCUT2D eigenvalue weighted by molar-refractivity contribution is -0.143. The number of esters is 1. The summed E-state index contributed by atoms with van der Waals surface area (Å²) in [5.41, 5.74) is 0. The zero-order valence-electron chi connectivity index (χ0n) is 13.7. The van der Waals surface area contributed by atoms with E-state index in [2.05, 4.69) is 11.8 Å². The summed E-state index contributed by atoms with van der Waals surface area (Å²) >= 11 is 2.10. The average Bonchev–Trinajstić information content (AvgIpc) is 2.48. The van der Waals surface area contributed by atoms with Gasteiger partial charge < -0.3 is 4.74 Å². The normalized spacial score (nSPS) is 23.1. The minimum absolute atomic E-state index is 0.0128. The predicted octanol–water partition coefficient (Wildman–Crippen LogP) is 5.74. The quantitative estimate of drug-likeness (QED) is 0.533. The molecule has 21 heavy (non-hydrogen) atoms. The molecular weight excluding hydrogens is 280 g/mol. The van der Waals surface area contributed by atoms with Gasteiger partial charge in [0.2, 0.25) is 0 Å². The fourth-order valence-electron chi connectivity index (χ4n) is 2.73. The summed E-state index contributed by atoms with van der Waals surface area (Å²) in [5.74, 6) is 2.61. The molecule has 1 fully saturated rings. The molecule has 0 saturated carbocycles. The molecule has 124 valence electrons. The summed E-state index contributed by atoms with van der Waals surface area (Å²) in [7, 11) is 0. The van der Waals surface area contributed by atoms with E-state index in [4.69, 9.17) is 4.74 Å². The largest absolute Gasteiger partial charge is 0.466 e. The summed E-state index contributed by atoms with van der Waals surface area (Å²) in [6.45, 7) is 0.628. The van der Waals surface area contributed by atoms with Gasteiger partial charge >= 0.3 is 5.97 Å². The van der Waals surface area contributed by atoms with E-state index in [-0.39, 0.29) is 5.97 Å². The topological polar surface area (TPSA) is 26.3 Å². The number of carbonyl (C=O) groups is 1. The van der Waals surface area contributed by atoms with Crippen molar-refractivity contribution in [2.24, 2.45) is 0 Å². The number of thioether (sulfide) groups is 1. The van der Waals surface area contributed by atoms with Gasteiger partial charge in [-0.3, -0.25) is 4.79 Å². The van der Waals surface area contributed by atoms with Gasteiger partial charge in [-0.05, 0) is 43.6 Å². The first-order chi connectivity index (χ1) is 10.4. The first-order valence-corrected chi connectivity index (χ1v) is 10.3. The highest BCUT2D eigenvalue weighted by molar-refractivity contribution is 7.99. The monoisotopic (exact) mass is 314 g/mol. The highest BCUT2D eigenvalue weighted by Gasteiger charge is 2.02. The molecular formula is C18H34O2S. The predicted molar refractivity (Wildman–Crippen MR) is 92.9 cm³/mol. The van der Waals surface area contributed by atoms with Crippen LogP contribution in [0.1, 0.15) is 89.9 Å². The van der Waals surface area contributed by atoms with Crippen molar-refractivity contribution in [3.05, 3.63) is 0 Å². The molecule has 0 aromatic carbocycles. The van der Waals surface area contributed by atoms with E-state index in [1.165, 1.54) is 82.1 Å². The van der Waals surface area contributed by atoms with E-state index in [0.29, 0.717) is 13.0 Å². The van der Waals surface area contributed by atoms with E-state index in [0.717, 1.165) is 12.8 Å². The standard InChI is InChI=1S/C18H34O2S/c19-18-14-10-7-5-3-1-2-4-6-8-12-16-21-17-13-9-11-15-20-18/h1-17H2. The van der Waals surface area contributed by atoms with Crippen molar-refractivity contribution in [1.82, 2.24) is 0 Å². The minimum Gasteiger partial charge on any atom is -0.466 e.